The molecule has 2 heterocycles. The molecule has 1 saturated heterocycles. The van der Waals surface area contributed by atoms with Crippen LogP contribution < -0.4 is 14.2 Å². The number of fused-ring (bicyclic) bond motifs is 1. The first-order valence-electron chi connectivity index (χ1n) is 13.8. The molecule has 43 heavy (non-hydrogen) atoms. The lowest BCUT2D eigenvalue weighted by Gasteiger charge is -2.37. The third-order valence-electron chi connectivity index (χ3n) is 7.66. The van der Waals surface area contributed by atoms with Crippen LogP contribution in [0.15, 0.2) is 65.6 Å². The summed E-state index contributed by atoms with van der Waals surface area (Å²) in [5.41, 5.74) is 2.61. The molecule has 2 aliphatic heterocycles. The first kappa shape index (κ1) is 30.3. The highest BCUT2D eigenvalue weighted by atomic mass is 32.2. The first-order chi connectivity index (χ1) is 20.8. The Hall–Kier alpha value is -4.13. The highest BCUT2D eigenvalue weighted by Gasteiger charge is 2.34. The Bertz CT molecular complexity index is 1570. The summed E-state index contributed by atoms with van der Waals surface area (Å²) in [6, 6.07) is 15.9. The van der Waals surface area contributed by atoms with E-state index < -0.39 is 22.0 Å². The van der Waals surface area contributed by atoms with Gasteiger partial charge in [0.15, 0.2) is 11.5 Å². The van der Waals surface area contributed by atoms with Crippen LogP contribution in [0.1, 0.15) is 37.9 Å². The molecule has 1 amide bonds. The van der Waals surface area contributed by atoms with Crippen LogP contribution >= 0.6 is 0 Å². The van der Waals surface area contributed by atoms with E-state index in [1.807, 2.05) is 12.1 Å². The quantitative estimate of drug-likeness (QED) is 0.336. The lowest BCUT2D eigenvalue weighted by atomic mass is 9.91. The van der Waals surface area contributed by atoms with Gasteiger partial charge in [-0.2, -0.15) is 4.31 Å². The van der Waals surface area contributed by atoms with Crippen LogP contribution in [0.25, 0.3) is 0 Å². The molecule has 0 aromatic heterocycles. The van der Waals surface area contributed by atoms with E-state index in [0.717, 1.165) is 11.1 Å². The monoisotopic (exact) mass is 610 g/mol. The predicted octanol–water partition coefficient (Wildman–Crippen LogP) is 3.33. The summed E-state index contributed by atoms with van der Waals surface area (Å²) < 4.78 is 54.8. The largest absolute Gasteiger partial charge is 0.493 e. The molecule has 1 atom stereocenters. The van der Waals surface area contributed by atoms with Gasteiger partial charge < -0.3 is 28.6 Å². The first-order valence-corrected chi connectivity index (χ1v) is 15.3. The number of sulfonamides is 1. The van der Waals surface area contributed by atoms with Gasteiger partial charge in [-0.3, -0.25) is 4.79 Å². The number of carbonyl (C=O) groups excluding carboxylic acids is 2. The zero-order valence-electron chi connectivity index (χ0n) is 24.3. The maximum atomic E-state index is 13.9. The highest BCUT2D eigenvalue weighted by Crippen LogP contribution is 2.39. The van der Waals surface area contributed by atoms with Gasteiger partial charge in [0.25, 0.3) is 5.91 Å². The molecule has 12 heteroatoms. The number of esters is 1. The van der Waals surface area contributed by atoms with Crippen molar-refractivity contribution >= 4 is 21.9 Å². The van der Waals surface area contributed by atoms with Crippen molar-refractivity contribution in [3.8, 4) is 17.2 Å². The lowest BCUT2D eigenvalue weighted by Crippen LogP contribution is -2.42. The SMILES string of the molecule is COC(=O)c1ccc(OC[C@@H]2c3cc(OC)c(OC)cc3CCN2C(=O)c2ccc(S(=O)(=O)N3CCOCC3)cc2)cc1. The van der Waals surface area contributed by atoms with E-state index >= 15 is 0 Å². The van der Waals surface area contributed by atoms with Crippen molar-refractivity contribution in [3.63, 3.8) is 0 Å². The fraction of sp³-hybridized carbons (Fsp3) is 0.355. The van der Waals surface area contributed by atoms with Crippen molar-refractivity contribution in [1.82, 2.24) is 9.21 Å². The summed E-state index contributed by atoms with van der Waals surface area (Å²) in [5, 5.41) is 0. The Morgan fingerprint density at radius 2 is 1.49 bits per heavy atom. The number of rotatable bonds is 9. The van der Waals surface area contributed by atoms with Crippen molar-refractivity contribution in [1.29, 1.82) is 0 Å². The maximum absolute atomic E-state index is 13.9. The van der Waals surface area contributed by atoms with Crippen LogP contribution in [0.2, 0.25) is 0 Å². The summed E-state index contributed by atoms with van der Waals surface area (Å²) in [5.74, 6) is 0.932. The van der Waals surface area contributed by atoms with Gasteiger partial charge in [-0.05, 0) is 78.2 Å². The minimum Gasteiger partial charge on any atom is -0.493 e. The van der Waals surface area contributed by atoms with E-state index in [9.17, 15) is 18.0 Å². The standard InChI is InChI=1S/C31H34N2O9S/c1-38-28-18-23-12-13-33(30(34)21-6-10-25(11-7-21)43(36,37)32-14-16-41-17-15-32)27(26(23)19-29(28)39-2)20-42-24-8-4-22(5-9-24)31(35)40-3/h4-11,18-19,27H,12-17,20H2,1-3H3/t27-/m1/s1. The van der Waals surface area contributed by atoms with Crippen LogP contribution in [-0.2, 0) is 25.9 Å². The zero-order valence-corrected chi connectivity index (χ0v) is 25.1. The summed E-state index contributed by atoms with van der Waals surface area (Å²) >= 11 is 0. The van der Waals surface area contributed by atoms with E-state index in [-0.39, 0.29) is 30.5 Å². The molecule has 0 bridgehead atoms. The predicted molar refractivity (Wildman–Crippen MR) is 156 cm³/mol. The molecule has 3 aromatic carbocycles. The minimum atomic E-state index is -3.69. The topological polar surface area (TPSA) is 121 Å². The fourth-order valence-electron chi connectivity index (χ4n) is 5.30. The third-order valence-corrected chi connectivity index (χ3v) is 9.57. The Labute approximate surface area is 250 Å². The van der Waals surface area contributed by atoms with Gasteiger partial charge in [-0.25, -0.2) is 13.2 Å². The number of nitrogens with zero attached hydrogens (tertiary/aromatic N) is 2. The van der Waals surface area contributed by atoms with Gasteiger partial charge in [-0.15, -0.1) is 0 Å². The van der Waals surface area contributed by atoms with E-state index in [4.69, 9.17) is 23.7 Å². The fourth-order valence-corrected chi connectivity index (χ4v) is 6.71. The second kappa shape index (κ2) is 13.0. The molecule has 5 rings (SSSR count). The third kappa shape index (κ3) is 6.31. The molecule has 0 saturated carbocycles. The summed E-state index contributed by atoms with van der Waals surface area (Å²) in [6.07, 6.45) is 0.579. The number of ether oxygens (including phenoxy) is 5. The van der Waals surface area contributed by atoms with Gasteiger partial charge in [0.1, 0.15) is 12.4 Å². The van der Waals surface area contributed by atoms with Gasteiger partial charge in [0.2, 0.25) is 10.0 Å². The second-order valence-corrected chi connectivity index (χ2v) is 12.0. The number of carbonyl (C=O) groups is 2. The smallest absolute Gasteiger partial charge is 0.337 e. The number of methoxy groups -OCH3 is 3. The normalized spacial score (nSPS) is 17.1. The lowest BCUT2D eigenvalue weighted by molar-refractivity contribution is 0.0582. The number of benzene rings is 3. The molecule has 0 radical (unpaired) electrons. The van der Waals surface area contributed by atoms with Gasteiger partial charge in [0.05, 0.1) is 51.0 Å². The van der Waals surface area contributed by atoms with E-state index in [2.05, 4.69) is 0 Å². The van der Waals surface area contributed by atoms with Crippen molar-refractivity contribution in [2.24, 2.45) is 0 Å². The van der Waals surface area contributed by atoms with Crippen LogP contribution in [0.4, 0.5) is 0 Å². The van der Waals surface area contributed by atoms with Crippen LogP contribution in [0.3, 0.4) is 0 Å². The van der Waals surface area contributed by atoms with Crippen molar-refractivity contribution in [3.05, 3.63) is 82.9 Å². The molecule has 0 spiro atoms. The van der Waals surface area contributed by atoms with E-state index in [0.29, 0.717) is 54.6 Å². The second-order valence-electron chi connectivity index (χ2n) is 10.0. The Morgan fingerprint density at radius 3 is 2.12 bits per heavy atom. The van der Waals surface area contributed by atoms with Gasteiger partial charge in [-0.1, -0.05) is 0 Å². The molecule has 11 nitrogen and oxygen atoms in total. The summed E-state index contributed by atoms with van der Waals surface area (Å²) in [7, 11) is 0.754. The van der Waals surface area contributed by atoms with Crippen molar-refractivity contribution in [2.45, 2.75) is 17.4 Å². The maximum Gasteiger partial charge on any atom is 0.337 e. The summed E-state index contributed by atoms with van der Waals surface area (Å²) in [6.45, 7) is 1.80. The van der Waals surface area contributed by atoms with Crippen LogP contribution in [0, 0.1) is 0 Å². The zero-order chi connectivity index (χ0) is 30.6. The number of hydrogen-bond donors (Lipinski definition) is 0. The van der Waals surface area contributed by atoms with E-state index in [1.165, 1.54) is 23.5 Å². The average molecular weight is 611 g/mol. The van der Waals surface area contributed by atoms with Crippen molar-refractivity contribution in [2.75, 3.05) is 60.8 Å². The molecule has 228 valence electrons. The van der Waals surface area contributed by atoms with Crippen LogP contribution in [0.5, 0.6) is 17.2 Å². The number of amides is 1. The van der Waals surface area contributed by atoms with Crippen LogP contribution in [-0.4, -0.2) is 90.3 Å². The minimum absolute atomic E-state index is 0.120. The molecule has 0 N–H and O–H groups in total. The Morgan fingerprint density at radius 1 is 0.860 bits per heavy atom. The average Bonchev–Trinajstić information content (AvgIpc) is 3.06. The highest BCUT2D eigenvalue weighted by molar-refractivity contribution is 7.89. The number of hydrogen-bond acceptors (Lipinski definition) is 9. The molecule has 0 aliphatic carbocycles. The number of morpholine rings is 1. The molecular formula is C31H34N2O9S. The molecule has 2 aliphatic rings. The Balaban J connectivity index is 1.42. The molecule has 0 unspecified atom stereocenters. The molecular weight excluding hydrogens is 576 g/mol. The Kier molecular flexibility index (Phi) is 9.19. The van der Waals surface area contributed by atoms with Crippen molar-refractivity contribution < 1.29 is 41.7 Å². The van der Waals surface area contributed by atoms with Gasteiger partial charge in [0, 0.05) is 25.2 Å². The van der Waals surface area contributed by atoms with Gasteiger partial charge >= 0.3 is 5.97 Å². The molecule has 3 aromatic rings. The molecule has 1 fully saturated rings. The summed E-state index contributed by atoms with van der Waals surface area (Å²) in [4.78, 5) is 27.6. The van der Waals surface area contributed by atoms with E-state index in [1.54, 1.807) is 55.5 Å².